The van der Waals surface area contributed by atoms with Gasteiger partial charge in [-0.05, 0) is 127 Å². The number of nitrogens with one attached hydrogen (secondary N) is 2. The van der Waals surface area contributed by atoms with Gasteiger partial charge in [-0.3, -0.25) is 24.7 Å². The number of likely N-dealkylation sites (tertiary alicyclic amines) is 2. The summed E-state index contributed by atoms with van der Waals surface area (Å²) in [5, 5.41) is 16.4. The van der Waals surface area contributed by atoms with Gasteiger partial charge < -0.3 is 20.1 Å². The standard InChI is InChI=1S/C48H57N5O4/c1-2-42(35-7-4-3-5-8-35)47(36-11-15-40(54)16-12-36)37-13-17-41(18-14-37)57-30-29-51-25-21-34(22-26-51)31-52-27-23-39(24-28-52)49-44-10-6-9-38-32-53(33-43(38)44)45-19-20-46(55)50-48(45)56/h3-18,34,39,45,49,54H,2,19-33H2,1H3,(H,50,55,56). The smallest absolute Gasteiger partial charge is 0.243 e. The van der Waals surface area contributed by atoms with Crippen LogP contribution in [0.2, 0.25) is 0 Å². The van der Waals surface area contributed by atoms with Gasteiger partial charge in [-0.1, -0.05) is 73.7 Å². The molecule has 0 bridgehead atoms. The van der Waals surface area contributed by atoms with Gasteiger partial charge in [0, 0.05) is 57.4 Å². The monoisotopic (exact) mass is 767 g/mol. The quantitative estimate of drug-likeness (QED) is 0.0949. The molecule has 4 aliphatic heterocycles. The lowest BCUT2D eigenvalue weighted by molar-refractivity contribution is -0.137. The maximum atomic E-state index is 12.5. The molecule has 3 saturated heterocycles. The molecule has 4 aliphatic rings. The van der Waals surface area contributed by atoms with Crippen LogP contribution in [0.4, 0.5) is 5.69 Å². The zero-order valence-electron chi connectivity index (χ0n) is 33.3. The molecule has 3 fully saturated rings. The van der Waals surface area contributed by atoms with Crippen molar-refractivity contribution in [3.05, 3.63) is 125 Å². The van der Waals surface area contributed by atoms with Crippen molar-refractivity contribution in [3.8, 4) is 11.5 Å². The number of hydrogen-bond donors (Lipinski definition) is 3. The Kier molecular flexibility index (Phi) is 12.3. The van der Waals surface area contributed by atoms with E-state index in [1.54, 1.807) is 12.1 Å². The maximum Gasteiger partial charge on any atom is 0.243 e. The van der Waals surface area contributed by atoms with Crippen LogP contribution < -0.4 is 15.4 Å². The van der Waals surface area contributed by atoms with E-state index < -0.39 is 0 Å². The lowest BCUT2D eigenvalue weighted by atomic mass is 9.88. The predicted molar refractivity (Wildman–Crippen MR) is 227 cm³/mol. The molecule has 1 atom stereocenters. The first-order valence-electron chi connectivity index (χ1n) is 21.1. The van der Waals surface area contributed by atoms with Crippen molar-refractivity contribution in [2.75, 3.05) is 51.2 Å². The number of imide groups is 1. The van der Waals surface area contributed by atoms with Gasteiger partial charge in [0.05, 0.1) is 6.04 Å². The zero-order chi connectivity index (χ0) is 39.1. The summed E-state index contributed by atoms with van der Waals surface area (Å²) in [7, 11) is 0. The molecule has 4 aromatic rings. The topological polar surface area (TPSA) is 97.4 Å². The minimum Gasteiger partial charge on any atom is -0.508 e. The molecule has 298 valence electrons. The molecule has 9 heteroatoms. The predicted octanol–water partition coefficient (Wildman–Crippen LogP) is 7.55. The number of carbonyl (C=O) groups excluding carboxylic acids is 2. The van der Waals surface area contributed by atoms with Crippen LogP contribution in [0.3, 0.4) is 0 Å². The second kappa shape index (κ2) is 18.1. The molecule has 0 aromatic heterocycles. The highest BCUT2D eigenvalue weighted by Crippen LogP contribution is 2.36. The van der Waals surface area contributed by atoms with Crippen molar-refractivity contribution in [2.24, 2.45) is 5.92 Å². The molecule has 0 spiro atoms. The molecule has 57 heavy (non-hydrogen) atoms. The number of phenolic OH excluding ortho intramolecular Hbond substituents is 1. The molecule has 9 nitrogen and oxygen atoms in total. The first kappa shape index (κ1) is 38.9. The Morgan fingerprint density at radius 1 is 0.772 bits per heavy atom. The van der Waals surface area contributed by atoms with Crippen molar-refractivity contribution >= 4 is 28.6 Å². The second-order valence-electron chi connectivity index (χ2n) is 16.3. The first-order valence-corrected chi connectivity index (χ1v) is 21.1. The van der Waals surface area contributed by atoms with Gasteiger partial charge in [0.15, 0.2) is 0 Å². The second-order valence-corrected chi connectivity index (χ2v) is 16.3. The van der Waals surface area contributed by atoms with Crippen LogP contribution >= 0.6 is 0 Å². The zero-order valence-corrected chi connectivity index (χ0v) is 33.3. The number of amides is 2. The van der Waals surface area contributed by atoms with Crippen molar-refractivity contribution < 1.29 is 19.4 Å². The minimum absolute atomic E-state index is 0.154. The Morgan fingerprint density at radius 3 is 2.18 bits per heavy atom. The fourth-order valence-corrected chi connectivity index (χ4v) is 9.39. The van der Waals surface area contributed by atoms with Crippen molar-refractivity contribution in [2.45, 2.75) is 77.0 Å². The Morgan fingerprint density at radius 2 is 1.47 bits per heavy atom. The van der Waals surface area contributed by atoms with Crippen molar-refractivity contribution in [3.63, 3.8) is 0 Å². The molecule has 0 radical (unpaired) electrons. The van der Waals surface area contributed by atoms with Gasteiger partial charge >= 0.3 is 0 Å². The summed E-state index contributed by atoms with van der Waals surface area (Å²) in [4.78, 5) is 31.7. The van der Waals surface area contributed by atoms with Crippen LogP contribution in [0, 0.1) is 5.92 Å². The third kappa shape index (κ3) is 9.44. The summed E-state index contributed by atoms with van der Waals surface area (Å²) in [5.41, 5.74) is 9.67. The summed E-state index contributed by atoms with van der Waals surface area (Å²) >= 11 is 0. The number of benzene rings is 4. The van der Waals surface area contributed by atoms with Crippen LogP contribution in [0.25, 0.3) is 11.1 Å². The largest absolute Gasteiger partial charge is 0.508 e. The van der Waals surface area contributed by atoms with Gasteiger partial charge in [-0.2, -0.15) is 0 Å². The number of anilines is 1. The van der Waals surface area contributed by atoms with Crippen LogP contribution in [-0.2, 0) is 22.7 Å². The van der Waals surface area contributed by atoms with Gasteiger partial charge in [0.25, 0.3) is 0 Å². The fourth-order valence-electron chi connectivity index (χ4n) is 9.39. The molecule has 1 unspecified atom stereocenters. The number of ether oxygens (including phenoxy) is 1. The fraction of sp³-hybridized carbons (Fsp3) is 0.417. The summed E-state index contributed by atoms with van der Waals surface area (Å²) in [6.45, 7) is 11.0. The number of phenols is 1. The average Bonchev–Trinajstić information content (AvgIpc) is 3.68. The average molecular weight is 768 g/mol. The molecule has 0 aliphatic carbocycles. The third-order valence-electron chi connectivity index (χ3n) is 12.6. The molecular formula is C48H57N5O4. The van der Waals surface area contributed by atoms with Crippen LogP contribution in [-0.4, -0.2) is 89.6 Å². The number of allylic oxidation sites excluding steroid dienone is 1. The Bertz CT molecular complexity index is 2020. The molecule has 4 aromatic carbocycles. The number of rotatable bonds is 13. The number of fused-ring (bicyclic) bond motifs is 1. The van der Waals surface area contributed by atoms with E-state index in [9.17, 15) is 14.7 Å². The number of carbonyl (C=O) groups is 2. The van der Waals surface area contributed by atoms with Crippen molar-refractivity contribution in [1.82, 2.24) is 20.0 Å². The number of hydrogen-bond acceptors (Lipinski definition) is 8. The lowest BCUT2D eigenvalue weighted by Crippen LogP contribution is -2.50. The minimum atomic E-state index is -0.230. The molecular weight excluding hydrogens is 711 g/mol. The van der Waals surface area contributed by atoms with Gasteiger partial charge in [-0.15, -0.1) is 0 Å². The van der Waals surface area contributed by atoms with Gasteiger partial charge in [0.2, 0.25) is 11.8 Å². The number of piperidine rings is 3. The van der Waals surface area contributed by atoms with Crippen LogP contribution in [0.1, 0.15) is 79.7 Å². The molecule has 3 N–H and O–H groups in total. The SMILES string of the molecule is CCC(=C(c1ccc(O)cc1)c1ccc(OCCN2CCC(CN3CCC(Nc4cccc5c4CN(C4CCC(=O)NC4=O)C5)CC3)CC2)cc1)c1ccccc1. The Hall–Kier alpha value is -4.96. The Balaban J connectivity index is 0.767. The summed E-state index contributed by atoms with van der Waals surface area (Å²) in [6, 6.07) is 33.3. The molecule has 2 amide bonds. The normalized spacial score (nSPS) is 20.5. The summed E-state index contributed by atoms with van der Waals surface area (Å²) in [5.74, 6) is 1.59. The van der Waals surface area contributed by atoms with Gasteiger partial charge in [0.1, 0.15) is 18.1 Å². The highest BCUT2D eigenvalue weighted by atomic mass is 16.5. The Labute approximate surface area is 337 Å². The van der Waals surface area contributed by atoms with Crippen LogP contribution in [0.5, 0.6) is 11.5 Å². The van der Waals surface area contributed by atoms with E-state index in [4.69, 9.17) is 4.74 Å². The summed E-state index contributed by atoms with van der Waals surface area (Å²) in [6.07, 6.45) is 6.65. The van der Waals surface area contributed by atoms with E-state index in [0.29, 0.717) is 25.5 Å². The van der Waals surface area contributed by atoms with E-state index >= 15 is 0 Å². The van der Waals surface area contributed by atoms with E-state index in [1.165, 1.54) is 52.9 Å². The highest BCUT2D eigenvalue weighted by Gasteiger charge is 2.36. The molecule has 4 heterocycles. The van der Waals surface area contributed by atoms with Crippen molar-refractivity contribution in [1.29, 1.82) is 0 Å². The maximum absolute atomic E-state index is 12.5. The van der Waals surface area contributed by atoms with E-state index in [0.717, 1.165) is 87.9 Å². The van der Waals surface area contributed by atoms with E-state index in [2.05, 4.69) is 105 Å². The number of aromatic hydroxyl groups is 1. The van der Waals surface area contributed by atoms with E-state index in [-0.39, 0.29) is 23.6 Å². The van der Waals surface area contributed by atoms with E-state index in [1.807, 2.05) is 12.1 Å². The first-order chi connectivity index (χ1) is 27.9. The van der Waals surface area contributed by atoms with Crippen LogP contribution in [0.15, 0.2) is 97.1 Å². The third-order valence-corrected chi connectivity index (χ3v) is 12.6. The lowest BCUT2D eigenvalue weighted by Gasteiger charge is -2.38. The number of nitrogens with zero attached hydrogens (tertiary/aromatic N) is 3. The van der Waals surface area contributed by atoms with Gasteiger partial charge in [-0.25, -0.2) is 0 Å². The highest BCUT2D eigenvalue weighted by molar-refractivity contribution is 6.00. The summed E-state index contributed by atoms with van der Waals surface area (Å²) < 4.78 is 6.27. The molecule has 0 saturated carbocycles. The molecule has 8 rings (SSSR count).